The Morgan fingerprint density at radius 1 is 1.37 bits per heavy atom. The highest BCUT2D eigenvalue weighted by Crippen LogP contribution is 2.35. The smallest absolute Gasteiger partial charge is 0.343 e. The van der Waals surface area contributed by atoms with E-state index in [1.807, 2.05) is 21.8 Å². The molecule has 1 fully saturated rings. The molecule has 1 aliphatic rings. The molecule has 8 nitrogen and oxygen atoms in total. The van der Waals surface area contributed by atoms with Crippen LogP contribution in [-0.2, 0) is 6.54 Å². The van der Waals surface area contributed by atoms with Gasteiger partial charge in [-0.1, -0.05) is 5.16 Å². The molecule has 0 radical (unpaired) electrons. The summed E-state index contributed by atoms with van der Waals surface area (Å²) in [6, 6.07) is 5.99. The van der Waals surface area contributed by atoms with Gasteiger partial charge >= 0.3 is 5.97 Å². The van der Waals surface area contributed by atoms with Crippen molar-refractivity contribution in [2.75, 3.05) is 25.1 Å². The number of piperidine rings is 1. The number of nitrogens with zero attached hydrogens (tertiary/aromatic N) is 4. The summed E-state index contributed by atoms with van der Waals surface area (Å²) in [5.41, 5.74) is 0.386. The number of aryl methyl sites for hydroxylation is 1. The van der Waals surface area contributed by atoms with Crippen LogP contribution in [0.15, 0.2) is 41.2 Å². The normalized spacial score (nSPS) is 14.8. The van der Waals surface area contributed by atoms with E-state index < -0.39 is 11.8 Å². The van der Waals surface area contributed by atoms with Crippen molar-refractivity contribution in [2.24, 2.45) is 5.92 Å². The second-order valence-electron chi connectivity index (χ2n) is 7.35. The second-order valence-corrected chi connectivity index (χ2v) is 7.35. The number of hydrogen-bond donors (Lipinski definition) is 1. The molecular formula is C21H23FN4O4. The Hall–Kier alpha value is -3.36. The average Bonchev–Trinajstić information content (AvgIpc) is 3.43. The van der Waals surface area contributed by atoms with Crippen LogP contribution in [0.1, 0.15) is 29.6 Å². The van der Waals surface area contributed by atoms with Crippen molar-refractivity contribution in [1.29, 1.82) is 0 Å². The molecule has 0 bridgehead atoms. The van der Waals surface area contributed by atoms with Gasteiger partial charge in [0.15, 0.2) is 28.7 Å². The molecule has 0 unspecified atom stereocenters. The Kier molecular flexibility index (Phi) is 5.69. The predicted molar refractivity (Wildman–Crippen MR) is 107 cm³/mol. The van der Waals surface area contributed by atoms with Crippen LogP contribution in [-0.4, -0.2) is 46.2 Å². The van der Waals surface area contributed by atoms with Crippen LogP contribution in [0.5, 0.6) is 5.75 Å². The molecule has 9 heteroatoms. The summed E-state index contributed by atoms with van der Waals surface area (Å²) in [5, 5.41) is 18.1. The Bertz CT molecular complexity index is 1010. The van der Waals surface area contributed by atoms with Gasteiger partial charge in [0, 0.05) is 37.6 Å². The van der Waals surface area contributed by atoms with Crippen LogP contribution in [0, 0.1) is 11.7 Å². The number of carboxylic acid groups (broad SMARTS) is 1. The van der Waals surface area contributed by atoms with Crippen LogP contribution in [0.2, 0.25) is 0 Å². The van der Waals surface area contributed by atoms with Crippen LogP contribution in [0.4, 0.5) is 10.2 Å². The SMILES string of the molecule is COc1cc(-c2onc(N3CCC(CCn4cccn4)CC3)c2C(=O)O)ccc1F. The maximum Gasteiger partial charge on any atom is 0.343 e. The molecule has 0 amide bonds. The zero-order valence-electron chi connectivity index (χ0n) is 16.6. The third-order valence-corrected chi connectivity index (χ3v) is 5.54. The summed E-state index contributed by atoms with van der Waals surface area (Å²) < 4.78 is 26.0. The number of methoxy groups -OCH3 is 1. The number of benzene rings is 1. The van der Waals surface area contributed by atoms with Crippen molar-refractivity contribution in [1.82, 2.24) is 14.9 Å². The fraction of sp³-hybridized carbons (Fsp3) is 0.381. The van der Waals surface area contributed by atoms with Gasteiger partial charge < -0.3 is 19.3 Å². The highest BCUT2D eigenvalue weighted by molar-refractivity contribution is 5.99. The van der Waals surface area contributed by atoms with E-state index >= 15 is 0 Å². The first-order chi connectivity index (χ1) is 14.6. The first-order valence-electron chi connectivity index (χ1n) is 9.86. The van der Waals surface area contributed by atoms with E-state index in [2.05, 4.69) is 10.3 Å². The van der Waals surface area contributed by atoms with E-state index in [0.29, 0.717) is 30.4 Å². The molecule has 1 aromatic carbocycles. The molecule has 1 aliphatic heterocycles. The van der Waals surface area contributed by atoms with Crippen LogP contribution < -0.4 is 9.64 Å². The van der Waals surface area contributed by atoms with E-state index in [1.54, 1.807) is 6.20 Å². The molecule has 0 saturated carbocycles. The molecule has 158 valence electrons. The van der Waals surface area contributed by atoms with Gasteiger partial charge in [-0.3, -0.25) is 4.68 Å². The Morgan fingerprint density at radius 2 is 2.17 bits per heavy atom. The number of anilines is 1. The highest BCUT2D eigenvalue weighted by atomic mass is 19.1. The third-order valence-electron chi connectivity index (χ3n) is 5.54. The monoisotopic (exact) mass is 414 g/mol. The fourth-order valence-corrected chi connectivity index (χ4v) is 3.87. The minimum atomic E-state index is -1.13. The van der Waals surface area contributed by atoms with Crippen LogP contribution >= 0.6 is 0 Å². The van der Waals surface area contributed by atoms with Gasteiger partial charge in [-0.2, -0.15) is 5.10 Å². The standard InChI is InChI=1S/C21H23FN4O4/c1-29-17-13-15(3-4-16(17)22)19-18(21(27)28)20(24-30-19)25-10-5-14(6-11-25)7-12-26-9-2-8-23-26/h2-4,8-9,13-14H,5-7,10-12H2,1H3,(H,27,28). The van der Waals surface area contributed by atoms with Gasteiger partial charge in [0.2, 0.25) is 0 Å². The van der Waals surface area contributed by atoms with E-state index in [0.717, 1.165) is 25.8 Å². The summed E-state index contributed by atoms with van der Waals surface area (Å²) in [5.74, 6) is -0.699. The third kappa shape index (κ3) is 4.00. The molecule has 0 aliphatic carbocycles. The molecule has 3 heterocycles. The maximum absolute atomic E-state index is 13.7. The number of aromatic carboxylic acids is 1. The zero-order chi connectivity index (χ0) is 21.1. The second kappa shape index (κ2) is 8.56. The topological polar surface area (TPSA) is 93.6 Å². The maximum atomic E-state index is 13.7. The quantitative estimate of drug-likeness (QED) is 0.630. The lowest BCUT2D eigenvalue weighted by atomic mass is 9.93. The number of ether oxygens (including phenoxy) is 1. The number of rotatable bonds is 7. The molecule has 0 atom stereocenters. The zero-order valence-corrected chi connectivity index (χ0v) is 16.6. The highest BCUT2D eigenvalue weighted by Gasteiger charge is 2.30. The summed E-state index contributed by atoms with van der Waals surface area (Å²) in [7, 11) is 1.35. The fourth-order valence-electron chi connectivity index (χ4n) is 3.87. The van der Waals surface area contributed by atoms with Crippen molar-refractivity contribution in [3.63, 3.8) is 0 Å². The van der Waals surface area contributed by atoms with Gasteiger partial charge in [0.05, 0.1) is 7.11 Å². The molecule has 4 rings (SSSR count). The number of hydrogen-bond acceptors (Lipinski definition) is 6. The number of carbonyl (C=O) groups is 1. The minimum Gasteiger partial charge on any atom is -0.494 e. The summed E-state index contributed by atoms with van der Waals surface area (Å²) >= 11 is 0. The molecule has 3 aromatic rings. The van der Waals surface area contributed by atoms with Crippen molar-refractivity contribution in [3.05, 3.63) is 48.0 Å². The van der Waals surface area contributed by atoms with E-state index in [4.69, 9.17) is 9.26 Å². The Balaban J connectivity index is 1.49. The number of carboxylic acids is 1. The van der Waals surface area contributed by atoms with Crippen molar-refractivity contribution in [2.45, 2.75) is 25.8 Å². The van der Waals surface area contributed by atoms with Gasteiger partial charge in [0.1, 0.15) is 0 Å². The van der Waals surface area contributed by atoms with Crippen molar-refractivity contribution in [3.8, 4) is 17.1 Å². The van der Waals surface area contributed by atoms with Crippen molar-refractivity contribution < 1.29 is 23.6 Å². The van der Waals surface area contributed by atoms with Gasteiger partial charge in [-0.05, 0) is 49.4 Å². The Morgan fingerprint density at radius 3 is 2.83 bits per heavy atom. The van der Waals surface area contributed by atoms with E-state index in [1.165, 1.54) is 25.3 Å². The lowest BCUT2D eigenvalue weighted by molar-refractivity contribution is 0.0697. The molecule has 1 N–H and O–H groups in total. The van der Waals surface area contributed by atoms with E-state index in [9.17, 15) is 14.3 Å². The van der Waals surface area contributed by atoms with Gasteiger partial charge in [-0.25, -0.2) is 9.18 Å². The number of halogens is 1. The Labute approximate surface area is 172 Å². The predicted octanol–water partition coefficient (Wildman–Crippen LogP) is 3.69. The van der Waals surface area contributed by atoms with E-state index in [-0.39, 0.29) is 17.1 Å². The van der Waals surface area contributed by atoms with Gasteiger partial charge in [-0.15, -0.1) is 0 Å². The lowest BCUT2D eigenvalue weighted by Crippen LogP contribution is -2.35. The number of aromatic nitrogens is 3. The van der Waals surface area contributed by atoms with Crippen LogP contribution in [0.3, 0.4) is 0 Å². The summed E-state index contributed by atoms with van der Waals surface area (Å²) in [4.78, 5) is 13.9. The van der Waals surface area contributed by atoms with Crippen molar-refractivity contribution >= 4 is 11.8 Å². The largest absolute Gasteiger partial charge is 0.494 e. The lowest BCUT2D eigenvalue weighted by Gasteiger charge is -2.32. The molecule has 30 heavy (non-hydrogen) atoms. The molecule has 2 aromatic heterocycles. The first kappa shape index (κ1) is 19.9. The molecular weight excluding hydrogens is 391 g/mol. The van der Waals surface area contributed by atoms with Gasteiger partial charge in [0.25, 0.3) is 0 Å². The molecule has 1 saturated heterocycles. The minimum absolute atomic E-state index is 0.0137. The summed E-state index contributed by atoms with van der Waals surface area (Å²) in [6.07, 6.45) is 6.63. The van der Waals surface area contributed by atoms with Crippen LogP contribution in [0.25, 0.3) is 11.3 Å². The first-order valence-corrected chi connectivity index (χ1v) is 9.86. The summed E-state index contributed by atoms with van der Waals surface area (Å²) in [6.45, 7) is 2.27. The average molecular weight is 414 g/mol. The molecule has 0 spiro atoms.